The minimum absolute atomic E-state index is 0.0268. The third kappa shape index (κ3) is 4.14. The molecule has 0 saturated heterocycles. The zero-order chi connectivity index (χ0) is 22.2. The molecule has 0 spiro atoms. The van der Waals surface area contributed by atoms with E-state index in [-0.39, 0.29) is 39.6 Å². The van der Waals surface area contributed by atoms with Gasteiger partial charge < -0.3 is 9.84 Å². The van der Waals surface area contributed by atoms with E-state index in [0.29, 0.717) is 5.39 Å². The second-order valence-electron chi connectivity index (χ2n) is 6.39. The van der Waals surface area contributed by atoms with E-state index in [2.05, 4.69) is 29.9 Å². The number of aromatic amines is 1. The predicted octanol–water partition coefficient (Wildman–Crippen LogP) is 1.67. The molecule has 0 unspecified atom stereocenters. The summed E-state index contributed by atoms with van der Waals surface area (Å²) in [6.07, 6.45) is 1.01. The van der Waals surface area contributed by atoms with Gasteiger partial charge in [-0.3, -0.25) is 19.0 Å². The Hall–Kier alpha value is -4.44. The number of nitrogens with zero attached hydrogens (tertiary/aromatic N) is 3. The summed E-state index contributed by atoms with van der Waals surface area (Å²) in [6.45, 7) is 0. The van der Waals surface area contributed by atoms with Crippen LogP contribution in [-0.2, 0) is 10.0 Å². The number of hydrogen-bond acceptors (Lipinski definition) is 9. The Morgan fingerprint density at radius 3 is 2.65 bits per heavy atom. The average Bonchev–Trinajstić information content (AvgIpc) is 3.33. The molecule has 4 rings (SSSR count). The van der Waals surface area contributed by atoms with Crippen molar-refractivity contribution in [3.8, 4) is 17.5 Å². The van der Waals surface area contributed by atoms with Gasteiger partial charge in [-0.25, -0.2) is 13.2 Å². The van der Waals surface area contributed by atoms with Gasteiger partial charge in [-0.2, -0.15) is 5.26 Å². The Morgan fingerprint density at radius 2 is 1.97 bits per heavy atom. The van der Waals surface area contributed by atoms with Gasteiger partial charge in [0.2, 0.25) is 10.0 Å². The van der Waals surface area contributed by atoms with Gasteiger partial charge in [-0.05, 0) is 30.3 Å². The minimum atomic E-state index is -3.48. The first-order valence-corrected chi connectivity index (χ1v) is 10.4. The van der Waals surface area contributed by atoms with E-state index in [0.717, 1.165) is 6.26 Å². The van der Waals surface area contributed by atoms with Crippen LogP contribution in [0.3, 0.4) is 0 Å². The number of H-pyrrole nitrogens is 1. The number of carbonyl (C=O) groups excluding carboxylic acids is 1. The fourth-order valence-corrected chi connectivity index (χ4v) is 3.38. The molecule has 2 aromatic heterocycles. The van der Waals surface area contributed by atoms with Crippen LogP contribution in [0, 0.1) is 11.3 Å². The van der Waals surface area contributed by atoms with Crippen molar-refractivity contribution in [2.75, 3.05) is 16.3 Å². The number of aromatic nitrogens is 3. The Bertz CT molecular complexity index is 1520. The van der Waals surface area contributed by atoms with Crippen molar-refractivity contribution < 1.29 is 22.3 Å². The smallest absolute Gasteiger partial charge is 0.355 e. The lowest BCUT2D eigenvalue weighted by molar-refractivity contribution is 0.102. The van der Waals surface area contributed by atoms with Crippen molar-refractivity contribution in [2.45, 2.75) is 0 Å². The van der Waals surface area contributed by atoms with Crippen LogP contribution in [-0.4, -0.2) is 35.9 Å². The van der Waals surface area contributed by atoms with Gasteiger partial charge in [0.1, 0.15) is 0 Å². The summed E-state index contributed by atoms with van der Waals surface area (Å²) in [6, 6.07) is 10.7. The largest absolute Gasteiger partial charge is 0.439 e. The lowest BCUT2D eigenvalue weighted by atomic mass is 10.1. The van der Waals surface area contributed by atoms with Crippen molar-refractivity contribution >= 4 is 38.3 Å². The van der Waals surface area contributed by atoms with E-state index in [9.17, 15) is 18.0 Å². The number of hydrogen-bond donors (Lipinski definition) is 3. The maximum absolute atomic E-state index is 12.8. The molecule has 0 radical (unpaired) electrons. The molecule has 13 heteroatoms. The Labute approximate surface area is 173 Å². The number of amides is 1. The van der Waals surface area contributed by atoms with E-state index in [1.165, 1.54) is 36.4 Å². The first-order chi connectivity index (χ1) is 14.7. The third-order valence-electron chi connectivity index (χ3n) is 4.08. The number of sulfonamides is 1. The van der Waals surface area contributed by atoms with Gasteiger partial charge in [0, 0.05) is 11.6 Å². The van der Waals surface area contributed by atoms with E-state index in [1.54, 1.807) is 0 Å². The first-order valence-electron chi connectivity index (χ1n) is 8.52. The summed E-state index contributed by atoms with van der Waals surface area (Å²) >= 11 is 0. The molecular formula is C18H12N6O6S. The molecule has 0 saturated carbocycles. The summed E-state index contributed by atoms with van der Waals surface area (Å²) < 4.78 is 34.7. The highest BCUT2D eigenvalue weighted by Gasteiger charge is 2.20. The second kappa shape index (κ2) is 7.43. The maximum Gasteiger partial charge on any atom is 0.439 e. The lowest BCUT2D eigenvalue weighted by Crippen LogP contribution is -2.14. The van der Waals surface area contributed by atoms with Crippen LogP contribution in [0.2, 0.25) is 0 Å². The highest BCUT2D eigenvalue weighted by molar-refractivity contribution is 7.92. The number of fused-ring (bicyclic) bond motifs is 1. The molecule has 0 aliphatic carbocycles. The fourth-order valence-electron chi connectivity index (χ4n) is 2.82. The number of nitrogens with one attached hydrogen (secondary N) is 3. The number of anilines is 2. The SMILES string of the molecule is CS(=O)(=O)Nc1ccc2c(C(=O)Nc3ccc(C#N)cc3-c3noc(=O)[nH]3)noc2c1. The Balaban J connectivity index is 1.68. The summed E-state index contributed by atoms with van der Waals surface area (Å²) in [4.78, 5) is 26.5. The summed E-state index contributed by atoms with van der Waals surface area (Å²) in [7, 11) is -3.48. The standard InChI is InChI=1S/C18H12N6O6S/c1-31(27,28)24-10-3-4-11-14(7-10)29-22-15(11)17(25)20-13-5-2-9(8-19)6-12(13)16-21-18(26)30-23-16/h2-7,24H,1H3,(H,20,25)(H,21,23,26). The first kappa shape index (κ1) is 19.9. The number of nitriles is 1. The normalized spacial score (nSPS) is 11.2. The van der Waals surface area contributed by atoms with Gasteiger partial charge in [0.15, 0.2) is 17.1 Å². The van der Waals surface area contributed by atoms with Crippen LogP contribution in [0.25, 0.3) is 22.4 Å². The van der Waals surface area contributed by atoms with Crippen molar-refractivity contribution in [3.63, 3.8) is 0 Å². The molecule has 0 aliphatic heterocycles. The van der Waals surface area contributed by atoms with Gasteiger partial charge in [-0.15, -0.1) is 0 Å². The molecule has 1 amide bonds. The topological polar surface area (TPSA) is 184 Å². The molecule has 3 N–H and O–H groups in total. The van der Waals surface area contributed by atoms with Crippen LogP contribution in [0.1, 0.15) is 16.1 Å². The van der Waals surface area contributed by atoms with Crippen molar-refractivity contribution in [1.82, 2.24) is 15.3 Å². The molecule has 0 fully saturated rings. The van der Waals surface area contributed by atoms with Gasteiger partial charge >= 0.3 is 5.76 Å². The Kier molecular flexibility index (Phi) is 4.76. The van der Waals surface area contributed by atoms with Crippen LogP contribution >= 0.6 is 0 Å². The highest BCUT2D eigenvalue weighted by atomic mass is 32.2. The average molecular weight is 440 g/mol. The van der Waals surface area contributed by atoms with Crippen LogP contribution in [0.5, 0.6) is 0 Å². The van der Waals surface area contributed by atoms with E-state index in [4.69, 9.17) is 9.78 Å². The van der Waals surface area contributed by atoms with Gasteiger partial charge in [-0.1, -0.05) is 10.3 Å². The van der Waals surface area contributed by atoms with E-state index >= 15 is 0 Å². The predicted molar refractivity (Wildman–Crippen MR) is 108 cm³/mol. The minimum Gasteiger partial charge on any atom is -0.355 e. The molecule has 2 heterocycles. The van der Waals surface area contributed by atoms with Gasteiger partial charge in [0.05, 0.1) is 34.6 Å². The molecule has 0 bridgehead atoms. The number of benzene rings is 2. The zero-order valence-electron chi connectivity index (χ0n) is 15.7. The molecular weight excluding hydrogens is 428 g/mol. The maximum atomic E-state index is 12.8. The molecule has 0 atom stereocenters. The monoisotopic (exact) mass is 440 g/mol. The van der Waals surface area contributed by atoms with Crippen molar-refractivity contribution in [1.29, 1.82) is 5.26 Å². The summed E-state index contributed by atoms with van der Waals surface area (Å²) in [5.74, 6) is -1.41. The lowest BCUT2D eigenvalue weighted by Gasteiger charge is -2.08. The molecule has 12 nitrogen and oxygen atoms in total. The van der Waals surface area contributed by atoms with Crippen molar-refractivity contribution in [2.24, 2.45) is 0 Å². The van der Waals surface area contributed by atoms with Gasteiger partial charge in [0.25, 0.3) is 5.91 Å². The molecule has 2 aromatic carbocycles. The number of carbonyl (C=O) groups is 1. The second-order valence-corrected chi connectivity index (χ2v) is 8.13. The molecule has 31 heavy (non-hydrogen) atoms. The Morgan fingerprint density at radius 1 is 1.16 bits per heavy atom. The quantitative estimate of drug-likeness (QED) is 0.415. The zero-order valence-corrected chi connectivity index (χ0v) is 16.5. The molecule has 4 aromatic rings. The summed E-state index contributed by atoms with van der Waals surface area (Å²) in [5, 5.41) is 19.5. The van der Waals surface area contributed by atoms with Crippen molar-refractivity contribution in [3.05, 3.63) is 58.2 Å². The number of rotatable bonds is 5. The summed E-state index contributed by atoms with van der Waals surface area (Å²) in [5.41, 5.74) is 1.16. The van der Waals surface area contributed by atoms with Crippen LogP contribution in [0.15, 0.2) is 50.2 Å². The van der Waals surface area contributed by atoms with Crippen LogP contribution in [0.4, 0.5) is 11.4 Å². The molecule has 156 valence electrons. The third-order valence-corrected chi connectivity index (χ3v) is 4.69. The fraction of sp³-hybridized carbons (Fsp3) is 0.0556. The highest BCUT2D eigenvalue weighted by Crippen LogP contribution is 2.28. The van der Waals surface area contributed by atoms with E-state index < -0.39 is 21.7 Å². The van der Waals surface area contributed by atoms with Crippen LogP contribution < -0.4 is 15.8 Å². The molecule has 0 aliphatic rings. The van der Waals surface area contributed by atoms with E-state index in [1.807, 2.05) is 6.07 Å².